The van der Waals surface area contributed by atoms with Crippen LogP contribution in [0.5, 0.6) is 5.75 Å². The standard InChI is InChI=1S/C21H26N4O4/c1-23-9-16(8-22-23)5-6-19(27)25-12-17-11-24(13-21(17,14-25)20(28)29)10-15-3-2-4-18(26)7-15/h2-4,7-9,17,26H,5-6,10-14H2,1H3,(H,28,29)/t17-,21-/m1/s1. The second-order valence-electron chi connectivity index (χ2n) is 8.29. The van der Waals surface area contributed by atoms with Gasteiger partial charge in [-0.3, -0.25) is 19.2 Å². The molecule has 8 heteroatoms. The Morgan fingerprint density at radius 1 is 1.24 bits per heavy atom. The van der Waals surface area contributed by atoms with Crippen molar-refractivity contribution in [1.82, 2.24) is 19.6 Å². The molecule has 1 aromatic heterocycles. The van der Waals surface area contributed by atoms with Crippen LogP contribution in [0.2, 0.25) is 0 Å². The Morgan fingerprint density at radius 3 is 2.72 bits per heavy atom. The molecule has 2 N–H and O–H groups in total. The molecule has 2 aliphatic rings. The number of aliphatic carboxylic acids is 1. The van der Waals surface area contributed by atoms with Gasteiger partial charge in [0.2, 0.25) is 5.91 Å². The molecule has 1 amide bonds. The summed E-state index contributed by atoms with van der Waals surface area (Å²) in [5.74, 6) is -0.702. The van der Waals surface area contributed by atoms with Crippen LogP contribution >= 0.6 is 0 Å². The zero-order chi connectivity index (χ0) is 20.6. The number of carboxylic acid groups (broad SMARTS) is 1. The maximum atomic E-state index is 12.7. The van der Waals surface area contributed by atoms with Crippen LogP contribution in [0, 0.1) is 11.3 Å². The van der Waals surface area contributed by atoms with E-state index in [9.17, 15) is 19.8 Å². The molecule has 154 valence electrons. The molecule has 2 aromatic rings. The number of likely N-dealkylation sites (tertiary alicyclic amines) is 2. The highest BCUT2D eigenvalue weighted by Crippen LogP contribution is 2.43. The predicted molar refractivity (Wildman–Crippen MR) is 105 cm³/mol. The summed E-state index contributed by atoms with van der Waals surface area (Å²) in [4.78, 5) is 28.7. The third-order valence-electron chi connectivity index (χ3n) is 6.16. The SMILES string of the molecule is Cn1cc(CCC(=O)N2C[C@H]3CN(Cc4cccc(O)c4)C[C@@]3(C(=O)O)C2)cn1. The average molecular weight is 398 g/mol. The number of nitrogens with zero attached hydrogens (tertiary/aromatic N) is 4. The van der Waals surface area contributed by atoms with E-state index in [-0.39, 0.29) is 24.1 Å². The van der Waals surface area contributed by atoms with Crippen molar-refractivity contribution in [3.8, 4) is 5.75 Å². The quantitative estimate of drug-likeness (QED) is 0.756. The fourth-order valence-corrected chi connectivity index (χ4v) is 4.71. The molecule has 0 radical (unpaired) electrons. The predicted octanol–water partition coefficient (Wildman–Crippen LogP) is 1.10. The number of fused-ring (bicyclic) bond motifs is 1. The van der Waals surface area contributed by atoms with Crippen LogP contribution in [0.3, 0.4) is 0 Å². The van der Waals surface area contributed by atoms with Crippen molar-refractivity contribution in [2.45, 2.75) is 19.4 Å². The van der Waals surface area contributed by atoms with Gasteiger partial charge in [-0.2, -0.15) is 5.10 Å². The van der Waals surface area contributed by atoms with Crippen molar-refractivity contribution >= 4 is 11.9 Å². The second-order valence-corrected chi connectivity index (χ2v) is 8.29. The lowest BCUT2D eigenvalue weighted by Gasteiger charge is -2.25. The Bertz CT molecular complexity index is 927. The summed E-state index contributed by atoms with van der Waals surface area (Å²) < 4.78 is 1.71. The van der Waals surface area contributed by atoms with Crippen LogP contribution in [-0.4, -0.2) is 67.8 Å². The number of aryl methyl sites for hydroxylation is 2. The minimum atomic E-state index is -0.916. The first-order valence-electron chi connectivity index (χ1n) is 9.85. The van der Waals surface area contributed by atoms with E-state index in [0.717, 1.165) is 11.1 Å². The number of carbonyl (C=O) groups excluding carboxylic acids is 1. The summed E-state index contributed by atoms with van der Waals surface area (Å²) in [5.41, 5.74) is 1.04. The van der Waals surface area contributed by atoms with Gasteiger partial charge in [-0.05, 0) is 29.7 Å². The highest BCUT2D eigenvalue weighted by Gasteiger charge is 2.58. The highest BCUT2D eigenvalue weighted by molar-refractivity contribution is 5.81. The largest absolute Gasteiger partial charge is 0.508 e. The van der Waals surface area contributed by atoms with Crippen LogP contribution < -0.4 is 0 Å². The van der Waals surface area contributed by atoms with Crippen LogP contribution in [0.4, 0.5) is 0 Å². The number of aromatic nitrogens is 2. The van der Waals surface area contributed by atoms with Gasteiger partial charge < -0.3 is 15.1 Å². The van der Waals surface area contributed by atoms with Gasteiger partial charge in [0.25, 0.3) is 0 Å². The first kappa shape index (κ1) is 19.4. The zero-order valence-electron chi connectivity index (χ0n) is 16.5. The van der Waals surface area contributed by atoms with Gasteiger partial charge in [0.1, 0.15) is 11.2 Å². The number of hydrogen-bond donors (Lipinski definition) is 2. The summed E-state index contributed by atoms with van der Waals surface area (Å²) in [6, 6.07) is 7.04. The fraction of sp³-hybridized carbons (Fsp3) is 0.476. The molecule has 0 aliphatic carbocycles. The molecule has 0 unspecified atom stereocenters. The maximum absolute atomic E-state index is 12.7. The van der Waals surface area contributed by atoms with E-state index in [1.165, 1.54) is 0 Å². The van der Waals surface area contributed by atoms with E-state index < -0.39 is 11.4 Å². The molecule has 2 atom stereocenters. The molecule has 29 heavy (non-hydrogen) atoms. The lowest BCUT2D eigenvalue weighted by Crippen LogP contribution is -2.42. The molecule has 2 fully saturated rings. The smallest absolute Gasteiger partial charge is 0.313 e. The van der Waals surface area contributed by atoms with E-state index in [2.05, 4.69) is 10.00 Å². The molecule has 0 bridgehead atoms. The van der Waals surface area contributed by atoms with Crippen LogP contribution in [0.25, 0.3) is 0 Å². The minimum Gasteiger partial charge on any atom is -0.508 e. The number of carboxylic acids is 1. The lowest BCUT2D eigenvalue weighted by atomic mass is 9.81. The summed E-state index contributed by atoms with van der Waals surface area (Å²) in [6.45, 7) is 2.38. The third-order valence-corrected chi connectivity index (χ3v) is 6.16. The fourth-order valence-electron chi connectivity index (χ4n) is 4.71. The Balaban J connectivity index is 1.39. The van der Waals surface area contributed by atoms with Crippen molar-refractivity contribution in [1.29, 1.82) is 0 Å². The average Bonchev–Trinajstić information content (AvgIpc) is 3.32. The monoisotopic (exact) mass is 398 g/mol. The number of rotatable bonds is 6. The lowest BCUT2D eigenvalue weighted by molar-refractivity contribution is -0.149. The van der Waals surface area contributed by atoms with E-state index >= 15 is 0 Å². The minimum absolute atomic E-state index is 0.00316. The molecular formula is C21H26N4O4. The zero-order valence-corrected chi connectivity index (χ0v) is 16.5. The van der Waals surface area contributed by atoms with Gasteiger partial charge in [0.05, 0.1) is 6.20 Å². The number of aromatic hydroxyl groups is 1. The number of phenolic OH excluding ortho intramolecular Hbond substituents is 1. The molecule has 3 heterocycles. The van der Waals surface area contributed by atoms with Gasteiger partial charge in [-0.25, -0.2) is 0 Å². The summed E-state index contributed by atoms with van der Waals surface area (Å²) in [7, 11) is 1.84. The van der Waals surface area contributed by atoms with Gasteiger partial charge in [0, 0.05) is 58.3 Å². The van der Waals surface area contributed by atoms with Gasteiger partial charge in [-0.1, -0.05) is 12.1 Å². The number of carbonyl (C=O) groups is 2. The molecular weight excluding hydrogens is 372 g/mol. The molecule has 8 nitrogen and oxygen atoms in total. The molecule has 1 aromatic carbocycles. The van der Waals surface area contributed by atoms with Crippen LogP contribution in [0.1, 0.15) is 17.5 Å². The van der Waals surface area contributed by atoms with E-state index in [1.807, 2.05) is 19.3 Å². The van der Waals surface area contributed by atoms with Gasteiger partial charge in [0.15, 0.2) is 0 Å². The summed E-state index contributed by atoms with van der Waals surface area (Å²) in [5, 5.41) is 23.8. The maximum Gasteiger partial charge on any atom is 0.313 e. The van der Waals surface area contributed by atoms with Gasteiger partial charge in [-0.15, -0.1) is 0 Å². The third kappa shape index (κ3) is 3.85. The van der Waals surface area contributed by atoms with Crippen LogP contribution in [-0.2, 0) is 29.6 Å². The van der Waals surface area contributed by atoms with Crippen LogP contribution in [0.15, 0.2) is 36.7 Å². The van der Waals surface area contributed by atoms with Crippen molar-refractivity contribution in [2.24, 2.45) is 18.4 Å². The molecule has 2 saturated heterocycles. The van der Waals surface area contributed by atoms with E-state index in [4.69, 9.17) is 0 Å². The normalized spacial score (nSPS) is 24.0. The number of benzene rings is 1. The van der Waals surface area contributed by atoms with Crippen molar-refractivity contribution in [3.05, 3.63) is 47.8 Å². The van der Waals surface area contributed by atoms with E-state index in [0.29, 0.717) is 39.0 Å². The number of hydrogen-bond acceptors (Lipinski definition) is 5. The molecule has 0 spiro atoms. The number of phenols is 1. The summed E-state index contributed by atoms with van der Waals surface area (Å²) >= 11 is 0. The Morgan fingerprint density at radius 2 is 2.07 bits per heavy atom. The molecule has 4 rings (SSSR count). The Labute approximate surface area is 169 Å². The number of amides is 1. The van der Waals surface area contributed by atoms with Crippen molar-refractivity contribution in [2.75, 3.05) is 26.2 Å². The van der Waals surface area contributed by atoms with Crippen molar-refractivity contribution in [3.63, 3.8) is 0 Å². The topological polar surface area (TPSA) is 98.9 Å². The Hall–Kier alpha value is -2.87. The Kier molecular flexibility index (Phi) is 5.04. The van der Waals surface area contributed by atoms with Gasteiger partial charge >= 0.3 is 5.97 Å². The van der Waals surface area contributed by atoms with E-state index in [1.54, 1.807) is 34.0 Å². The first-order valence-corrected chi connectivity index (χ1v) is 9.85. The first-order chi connectivity index (χ1) is 13.9. The molecule has 2 aliphatic heterocycles. The highest BCUT2D eigenvalue weighted by atomic mass is 16.4. The summed E-state index contributed by atoms with van der Waals surface area (Å²) in [6.07, 6.45) is 4.62. The second kappa shape index (κ2) is 7.51. The molecule has 0 saturated carbocycles. The van der Waals surface area contributed by atoms with Crippen molar-refractivity contribution < 1.29 is 19.8 Å².